The summed E-state index contributed by atoms with van der Waals surface area (Å²) in [6.07, 6.45) is 8.55. The van der Waals surface area contributed by atoms with Crippen LogP contribution in [0.4, 0.5) is 5.69 Å². The van der Waals surface area contributed by atoms with Gasteiger partial charge in [0.1, 0.15) is 5.69 Å². The number of aryl methyl sites for hydroxylation is 1. The maximum Gasteiger partial charge on any atom is 0.116 e. The number of rotatable bonds is 9. The molecule has 0 fully saturated rings. The Morgan fingerprint density at radius 2 is 2.00 bits per heavy atom. The Morgan fingerprint density at radius 1 is 1.14 bits per heavy atom. The van der Waals surface area contributed by atoms with Gasteiger partial charge in [-0.05, 0) is 60.5 Å². The van der Waals surface area contributed by atoms with Gasteiger partial charge in [-0.3, -0.25) is 10.1 Å². The van der Waals surface area contributed by atoms with E-state index in [1.165, 1.54) is 4.88 Å². The molecule has 1 aromatic carbocycles. The van der Waals surface area contributed by atoms with Crippen LogP contribution in [0.5, 0.6) is 0 Å². The lowest BCUT2D eigenvalue weighted by Gasteiger charge is -2.12. The third kappa shape index (κ3) is 5.20. The molecule has 0 aliphatic heterocycles. The minimum atomic E-state index is 0.545. The summed E-state index contributed by atoms with van der Waals surface area (Å²) in [5.74, 6) is 0.545. The van der Waals surface area contributed by atoms with Crippen molar-refractivity contribution in [2.45, 2.75) is 27.2 Å². The van der Waals surface area contributed by atoms with Crippen LogP contribution in [0, 0.1) is 12.8 Å². The number of fused-ring (bicyclic) bond motifs is 1. The van der Waals surface area contributed by atoms with Gasteiger partial charge in [-0.15, -0.1) is 11.3 Å². The highest BCUT2D eigenvalue weighted by Gasteiger charge is 2.17. The normalized spacial score (nSPS) is 11.8. The standard InChI is InChI=1S/C31H31N5S/c1-6-8-25(30-9-7-12-37-30)26-16-29(34-21(26)5)31-27-15-22(10-11-28(27)35-36-31)23-14-24(18-32-17-23)33-20(4)13-19(2)3/h6-12,14-19,33-34H,1,4,13H2,2-3,5H3,(H,35,36)/b25-8+. The summed E-state index contributed by atoms with van der Waals surface area (Å²) in [6, 6.07) is 14.8. The molecule has 186 valence electrons. The van der Waals surface area contributed by atoms with Crippen molar-refractivity contribution in [2.24, 2.45) is 5.92 Å². The smallest absolute Gasteiger partial charge is 0.116 e. The maximum atomic E-state index is 4.67. The fraction of sp³-hybridized carbons (Fsp3) is 0.161. The van der Waals surface area contributed by atoms with E-state index in [9.17, 15) is 0 Å². The van der Waals surface area contributed by atoms with E-state index in [4.69, 9.17) is 0 Å². The number of aromatic amines is 2. The molecule has 0 bridgehead atoms. The van der Waals surface area contributed by atoms with E-state index in [0.717, 1.165) is 68.1 Å². The first-order valence-electron chi connectivity index (χ1n) is 12.4. The van der Waals surface area contributed by atoms with Crippen molar-refractivity contribution in [1.29, 1.82) is 0 Å². The van der Waals surface area contributed by atoms with Gasteiger partial charge in [0.25, 0.3) is 0 Å². The Kier molecular flexibility index (Phi) is 6.93. The molecule has 5 aromatic rings. The van der Waals surface area contributed by atoms with Crippen LogP contribution in [0.2, 0.25) is 0 Å². The molecule has 37 heavy (non-hydrogen) atoms. The molecule has 5 nitrogen and oxygen atoms in total. The SMILES string of the molecule is C=C/C=C(/c1cccs1)c1cc(-c2n[nH]c3ccc(-c4cncc(NC(=C)CC(C)C)c4)cc23)[nH]c1C. The van der Waals surface area contributed by atoms with Gasteiger partial charge in [0, 0.05) is 44.6 Å². The zero-order valence-corrected chi connectivity index (χ0v) is 22.2. The van der Waals surface area contributed by atoms with Crippen LogP contribution in [0.1, 0.15) is 36.4 Å². The fourth-order valence-electron chi connectivity index (χ4n) is 4.63. The number of H-pyrrole nitrogens is 2. The summed E-state index contributed by atoms with van der Waals surface area (Å²) in [4.78, 5) is 9.24. The molecule has 4 aromatic heterocycles. The monoisotopic (exact) mass is 505 g/mol. The summed E-state index contributed by atoms with van der Waals surface area (Å²) in [7, 11) is 0. The average molecular weight is 506 g/mol. The Hall–Kier alpha value is -4.16. The van der Waals surface area contributed by atoms with Gasteiger partial charge in [-0.25, -0.2) is 0 Å². The quantitative estimate of drug-likeness (QED) is 0.176. The first-order valence-corrected chi connectivity index (χ1v) is 13.3. The lowest BCUT2D eigenvalue weighted by atomic mass is 10.0. The van der Waals surface area contributed by atoms with Crippen molar-refractivity contribution < 1.29 is 0 Å². The average Bonchev–Trinajstić information content (AvgIpc) is 3.62. The number of allylic oxidation sites excluding steroid dienone is 3. The maximum absolute atomic E-state index is 4.67. The molecule has 0 aliphatic rings. The van der Waals surface area contributed by atoms with Gasteiger partial charge in [0.2, 0.25) is 0 Å². The zero-order valence-electron chi connectivity index (χ0n) is 21.4. The van der Waals surface area contributed by atoms with Crippen molar-refractivity contribution in [3.8, 4) is 22.5 Å². The van der Waals surface area contributed by atoms with E-state index in [0.29, 0.717) is 5.92 Å². The van der Waals surface area contributed by atoms with Crippen molar-refractivity contribution in [2.75, 3.05) is 5.32 Å². The van der Waals surface area contributed by atoms with Crippen LogP contribution < -0.4 is 5.32 Å². The van der Waals surface area contributed by atoms with Crippen LogP contribution in [0.25, 0.3) is 39.0 Å². The molecule has 0 spiro atoms. The van der Waals surface area contributed by atoms with E-state index in [1.54, 1.807) is 11.3 Å². The van der Waals surface area contributed by atoms with Gasteiger partial charge in [-0.1, -0.05) is 51.3 Å². The predicted molar refractivity (Wildman–Crippen MR) is 158 cm³/mol. The Balaban J connectivity index is 1.50. The topological polar surface area (TPSA) is 69.4 Å². The second-order valence-electron chi connectivity index (χ2n) is 9.64. The molecular formula is C31H31N5S. The number of benzene rings is 1. The molecule has 0 amide bonds. The predicted octanol–water partition coefficient (Wildman–Crippen LogP) is 8.58. The molecule has 0 atom stereocenters. The summed E-state index contributed by atoms with van der Waals surface area (Å²) >= 11 is 1.72. The molecule has 0 aliphatic carbocycles. The molecule has 0 saturated carbocycles. The highest BCUT2D eigenvalue weighted by Crippen LogP contribution is 2.35. The van der Waals surface area contributed by atoms with Gasteiger partial charge in [0.15, 0.2) is 0 Å². The molecule has 6 heteroatoms. The Labute approximate surface area is 221 Å². The highest BCUT2D eigenvalue weighted by atomic mass is 32.1. The number of thiophene rings is 1. The lowest BCUT2D eigenvalue weighted by molar-refractivity contribution is 0.645. The number of hydrogen-bond donors (Lipinski definition) is 3. The number of nitrogens with zero attached hydrogens (tertiary/aromatic N) is 2. The summed E-state index contributed by atoms with van der Waals surface area (Å²) in [5.41, 5.74) is 10.3. The molecule has 0 radical (unpaired) electrons. The van der Waals surface area contributed by atoms with Crippen LogP contribution in [0.3, 0.4) is 0 Å². The second-order valence-corrected chi connectivity index (χ2v) is 10.6. The van der Waals surface area contributed by atoms with Crippen molar-refractivity contribution in [3.05, 3.63) is 107 Å². The minimum Gasteiger partial charge on any atom is -0.358 e. The van der Waals surface area contributed by atoms with E-state index in [2.05, 4.69) is 113 Å². The van der Waals surface area contributed by atoms with Crippen LogP contribution in [-0.4, -0.2) is 20.2 Å². The van der Waals surface area contributed by atoms with E-state index < -0.39 is 0 Å². The van der Waals surface area contributed by atoms with Crippen molar-refractivity contribution >= 4 is 33.5 Å². The van der Waals surface area contributed by atoms with E-state index in [-0.39, 0.29) is 0 Å². The molecule has 5 rings (SSSR count). The van der Waals surface area contributed by atoms with Crippen molar-refractivity contribution in [3.63, 3.8) is 0 Å². The van der Waals surface area contributed by atoms with Gasteiger partial charge >= 0.3 is 0 Å². The molecule has 0 unspecified atom stereocenters. The molecule has 3 N–H and O–H groups in total. The van der Waals surface area contributed by atoms with Crippen LogP contribution in [-0.2, 0) is 0 Å². The number of aromatic nitrogens is 4. The fourth-order valence-corrected chi connectivity index (χ4v) is 5.40. The Bertz CT molecular complexity index is 1600. The number of pyridine rings is 1. The minimum absolute atomic E-state index is 0.545. The largest absolute Gasteiger partial charge is 0.358 e. The van der Waals surface area contributed by atoms with Gasteiger partial charge < -0.3 is 10.3 Å². The van der Waals surface area contributed by atoms with Crippen molar-refractivity contribution in [1.82, 2.24) is 20.2 Å². The summed E-state index contributed by atoms with van der Waals surface area (Å²) in [5, 5.41) is 14.4. The van der Waals surface area contributed by atoms with Crippen LogP contribution in [0.15, 0.2) is 91.2 Å². The highest BCUT2D eigenvalue weighted by molar-refractivity contribution is 7.11. The van der Waals surface area contributed by atoms with Gasteiger partial charge in [0.05, 0.1) is 23.1 Å². The molecular weight excluding hydrogens is 474 g/mol. The first kappa shape index (κ1) is 24.5. The molecule has 0 saturated heterocycles. The number of nitrogens with one attached hydrogen (secondary N) is 3. The summed E-state index contributed by atoms with van der Waals surface area (Å²) < 4.78 is 0. The third-order valence-electron chi connectivity index (χ3n) is 6.24. The Morgan fingerprint density at radius 3 is 2.76 bits per heavy atom. The van der Waals surface area contributed by atoms with E-state index in [1.807, 2.05) is 18.5 Å². The summed E-state index contributed by atoms with van der Waals surface area (Å²) in [6.45, 7) is 14.6. The first-order chi connectivity index (χ1) is 17.9. The van der Waals surface area contributed by atoms with Gasteiger partial charge in [-0.2, -0.15) is 5.10 Å². The van der Waals surface area contributed by atoms with E-state index >= 15 is 0 Å². The second kappa shape index (κ2) is 10.4. The lowest BCUT2D eigenvalue weighted by Crippen LogP contribution is -2.02. The molecule has 4 heterocycles. The third-order valence-corrected chi connectivity index (χ3v) is 7.14. The number of hydrogen-bond acceptors (Lipinski definition) is 4. The van der Waals surface area contributed by atoms with Crippen LogP contribution >= 0.6 is 11.3 Å². The zero-order chi connectivity index (χ0) is 25.9. The number of anilines is 1.